The summed E-state index contributed by atoms with van der Waals surface area (Å²) in [6.45, 7) is 6.25. The predicted octanol–water partition coefficient (Wildman–Crippen LogP) is 0.926. The summed E-state index contributed by atoms with van der Waals surface area (Å²) in [6, 6.07) is 0. The Morgan fingerprint density at radius 2 is 2.21 bits per heavy atom. The van der Waals surface area contributed by atoms with Gasteiger partial charge in [-0.2, -0.15) is 0 Å². The topological polar surface area (TPSA) is 77.0 Å². The van der Waals surface area contributed by atoms with Crippen molar-refractivity contribution in [1.29, 1.82) is 0 Å². The van der Waals surface area contributed by atoms with Gasteiger partial charge in [0.1, 0.15) is 25.4 Å². The monoisotopic (exact) mass is 295 g/mol. The van der Waals surface area contributed by atoms with Gasteiger partial charge in [-0.05, 0) is 13.8 Å². The van der Waals surface area contributed by atoms with Gasteiger partial charge in [-0.25, -0.2) is 0 Å². The average Bonchev–Trinajstić information content (AvgIpc) is 2.77. The molecule has 2 aliphatic heterocycles. The minimum absolute atomic E-state index is 0.0263. The average molecular weight is 295 g/mol. The fraction of sp³-hybridized carbons (Fsp3) is 1.00. The highest BCUT2D eigenvalue weighted by atomic mass is 31.2. The van der Waals surface area contributed by atoms with Crippen LogP contribution < -0.4 is 4.89 Å². The molecule has 19 heavy (non-hydrogen) atoms. The van der Waals surface area contributed by atoms with E-state index in [0.29, 0.717) is 0 Å². The van der Waals surface area contributed by atoms with Crippen LogP contribution in [0.3, 0.4) is 0 Å². The van der Waals surface area contributed by atoms with E-state index in [1.165, 1.54) is 0 Å². The predicted molar refractivity (Wildman–Crippen MR) is 67.1 cm³/mol. The number of rotatable bonds is 6. The summed E-state index contributed by atoms with van der Waals surface area (Å²) >= 11 is 0. The highest BCUT2D eigenvalue weighted by Gasteiger charge is 2.59. The van der Waals surface area contributed by atoms with Crippen molar-refractivity contribution in [3.8, 4) is 0 Å². The molecule has 0 amide bonds. The van der Waals surface area contributed by atoms with Crippen LogP contribution in [0.5, 0.6) is 0 Å². The minimum Gasteiger partial charge on any atom is -0.778 e. The summed E-state index contributed by atoms with van der Waals surface area (Å²) < 4.78 is 41.7. The number of fused-ring (bicyclic) bond motifs is 2. The van der Waals surface area contributed by atoms with Crippen LogP contribution in [0.1, 0.15) is 29.1 Å². The van der Waals surface area contributed by atoms with Gasteiger partial charge in [-0.3, -0.25) is 0 Å². The molecule has 0 aliphatic carbocycles. The highest BCUT2D eigenvalue weighted by molar-refractivity contribution is 7.52. The van der Waals surface area contributed by atoms with E-state index in [2.05, 4.69) is 0 Å². The Labute approximate surface area is 115 Å². The first-order valence-corrected chi connectivity index (χ1v) is 8.11. The first kappa shape index (κ1) is 14.0. The van der Waals surface area contributed by atoms with Gasteiger partial charge in [-0.1, -0.05) is 13.8 Å². The van der Waals surface area contributed by atoms with Gasteiger partial charge in [0.05, 0.1) is 27.3 Å². The molecule has 0 aromatic rings. The van der Waals surface area contributed by atoms with Crippen molar-refractivity contribution in [2.24, 2.45) is 0 Å². The lowest BCUT2D eigenvalue weighted by Gasteiger charge is -2.35. The Balaban J connectivity index is 2.15. The quantitative estimate of drug-likeness (QED) is 0.678. The van der Waals surface area contributed by atoms with Crippen LogP contribution in [-0.2, 0) is 23.3 Å². The molecule has 2 heterocycles. The van der Waals surface area contributed by atoms with Crippen LogP contribution >= 0.6 is 7.60 Å². The molecule has 112 valence electrons. The molecule has 0 radical (unpaired) electrons. The largest absolute Gasteiger partial charge is 0.778 e. The maximum absolute atomic E-state index is 12.0. The Morgan fingerprint density at radius 1 is 1.53 bits per heavy atom. The third kappa shape index (κ3) is 3.04. The fourth-order valence-corrected chi connectivity index (χ4v) is 2.89. The van der Waals surface area contributed by atoms with E-state index < -0.39 is 37.6 Å². The Bertz CT molecular complexity index is 403. The van der Waals surface area contributed by atoms with Crippen LogP contribution in [0.4, 0.5) is 0 Å². The van der Waals surface area contributed by atoms with Gasteiger partial charge in [-0.15, -0.1) is 0 Å². The lowest BCUT2D eigenvalue weighted by atomic mass is 10.0. The molecule has 0 aromatic heterocycles. The van der Waals surface area contributed by atoms with E-state index in [4.69, 9.17) is 20.1 Å². The maximum Gasteiger partial charge on any atom is 0.144 e. The van der Waals surface area contributed by atoms with E-state index in [1.54, 1.807) is 13.8 Å². The molecule has 0 saturated carbocycles. The molecule has 2 fully saturated rings. The molecule has 6 nitrogen and oxygen atoms in total. The lowest BCUT2D eigenvalue weighted by Crippen LogP contribution is -2.47. The van der Waals surface area contributed by atoms with Crippen LogP contribution in [0, 0.1) is 0 Å². The van der Waals surface area contributed by atoms with E-state index in [1.807, 2.05) is 13.8 Å². The van der Waals surface area contributed by atoms with E-state index >= 15 is 0 Å². The van der Waals surface area contributed by atoms with Gasteiger partial charge in [0.25, 0.3) is 0 Å². The van der Waals surface area contributed by atoms with Crippen molar-refractivity contribution in [3.05, 3.63) is 0 Å². The van der Waals surface area contributed by atoms with E-state index in [9.17, 15) is 9.46 Å². The van der Waals surface area contributed by atoms with Crippen LogP contribution in [0.2, 0.25) is 0 Å². The second-order valence-corrected chi connectivity index (χ2v) is 7.94. The van der Waals surface area contributed by atoms with Crippen LogP contribution in [0.25, 0.3) is 0 Å². The highest BCUT2D eigenvalue weighted by Crippen LogP contribution is 2.50. The zero-order valence-electron chi connectivity index (χ0n) is 12.7. The summed E-state index contributed by atoms with van der Waals surface area (Å²) in [5, 5.41) is 0. The van der Waals surface area contributed by atoms with Gasteiger partial charge in [0, 0.05) is 5.66 Å². The zero-order chi connectivity index (χ0) is 15.1. The SMILES string of the molecule is [3H]C1O[C@@]2(COC(C)C)CO[C@H]1[C@@H]2OP(=O)([O-])C(C)C. The third-order valence-electron chi connectivity index (χ3n) is 3.33. The van der Waals surface area contributed by atoms with Crippen molar-refractivity contribution in [1.82, 2.24) is 0 Å². The smallest absolute Gasteiger partial charge is 0.144 e. The molecule has 7 heteroatoms. The Hall–Kier alpha value is 0.0300. The molecule has 2 rings (SSSR count). The first-order valence-electron chi connectivity index (χ1n) is 7.08. The van der Waals surface area contributed by atoms with Crippen LogP contribution in [0.15, 0.2) is 0 Å². The fourth-order valence-electron chi connectivity index (χ4n) is 2.02. The molecule has 2 saturated heterocycles. The lowest BCUT2D eigenvalue weighted by molar-refractivity contribution is -0.210. The van der Waals surface area contributed by atoms with Crippen molar-refractivity contribution in [3.63, 3.8) is 0 Å². The molecule has 2 unspecified atom stereocenters. The summed E-state index contributed by atoms with van der Waals surface area (Å²) in [6.07, 6.45) is -1.53. The minimum atomic E-state index is -4.01. The molecule has 2 bridgehead atoms. The van der Waals surface area contributed by atoms with E-state index in [-0.39, 0.29) is 19.3 Å². The second-order valence-electron chi connectivity index (χ2n) is 5.61. The van der Waals surface area contributed by atoms with Gasteiger partial charge in [0.2, 0.25) is 0 Å². The van der Waals surface area contributed by atoms with E-state index in [0.717, 1.165) is 0 Å². The van der Waals surface area contributed by atoms with Crippen molar-refractivity contribution < 1.29 is 29.6 Å². The molecule has 0 aromatic carbocycles. The van der Waals surface area contributed by atoms with Crippen molar-refractivity contribution in [2.75, 3.05) is 19.8 Å². The maximum atomic E-state index is 12.0. The summed E-state index contributed by atoms with van der Waals surface area (Å²) in [5.41, 5.74) is -1.63. The normalized spacial score (nSPS) is 41.8. The van der Waals surface area contributed by atoms with Crippen LogP contribution in [-0.4, -0.2) is 49.4 Å². The molecule has 0 N–H and O–H groups in total. The first-order chi connectivity index (χ1) is 9.18. The van der Waals surface area contributed by atoms with Gasteiger partial charge in [0.15, 0.2) is 0 Å². The molecule has 5 atom stereocenters. The number of hydrogen-bond acceptors (Lipinski definition) is 6. The van der Waals surface area contributed by atoms with Gasteiger partial charge < -0.3 is 28.2 Å². The van der Waals surface area contributed by atoms with Gasteiger partial charge >= 0.3 is 0 Å². The Morgan fingerprint density at radius 3 is 2.74 bits per heavy atom. The third-order valence-corrected chi connectivity index (χ3v) is 5.11. The molecule has 0 spiro atoms. The second kappa shape index (κ2) is 5.43. The van der Waals surface area contributed by atoms with Crippen molar-refractivity contribution in [2.45, 2.75) is 57.3 Å². The molecular weight excluding hydrogens is 271 g/mol. The van der Waals surface area contributed by atoms with Crippen molar-refractivity contribution >= 4 is 7.60 Å². The molecule has 2 aliphatic rings. The number of hydrogen-bond donors (Lipinski definition) is 0. The summed E-state index contributed by atoms with van der Waals surface area (Å²) in [4.78, 5) is 12.0. The Kier molecular flexibility index (Phi) is 4.00. The summed E-state index contributed by atoms with van der Waals surface area (Å²) in [5.74, 6) is 0. The number of ether oxygens (including phenoxy) is 3. The zero-order valence-corrected chi connectivity index (χ0v) is 12.6. The standard InChI is InChI=1S/C12H23O6P/c1-8(2)15-6-12-7-16-10(5-17-12)11(12)18-19(13,14)9(3)4/h8-11H,5-7H2,1-4H3,(H,13,14)/p-1/t10-,11+,12+/m1/s1/i5T/t5?,10-,11+,12+. The molecular formula is C12H22O6P-. The summed E-state index contributed by atoms with van der Waals surface area (Å²) in [7, 11) is -4.01.